The van der Waals surface area contributed by atoms with E-state index in [2.05, 4.69) is 11.5 Å². The molecular formula is C33H38F2N2O5. The molecule has 42 heavy (non-hydrogen) atoms. The molecule has 2 aromatic carbocycles. The van der Waals surface area contributed by atoms with Gasteiger partial charge >= 0.3 is 18.7 Å². The van der Waals surface area contributed by atoms with Crippen LogP contribution in [0.5, 0.6) is 5.75 Å². The van der Waals surface area contributed by atoms with E-state index in [9.17, 15) is 18.4 Å². The maximum atomic E-state index is 13.6. The second-order valence-corrected chi connectivity index (χ2v) is 12.6. The van der Waals surface area contributed by atoms with E-state index in [4.69, 9.17) is 14.2 Å². The molecule has 2 aliphatic rings. The normalized spacial score (nSPS) is 18.8. The van der Waals surface area contributed by atoms with Crippen molar-refractivity contribution in [2.24, 2.45) is 5.41 Å². The van der Waals surface area contributed by atoms with Crippen molar-refractivity contribution < 1.29 is 32.6 Å². The van der Waals surface area contributed by atoms with Crippen LogP contribution in [0.3, 0.4) is 0 Å². The largest absolute Gasteiger partial charge is 0.465 e. The summed E-state index contributed by atoms with van der Waals surface area (Å²) in [5, 5.41) is 0.661. The van der Waals surface area contributed by atoms with Crippen LogP contribution < -0.4 is 4.74 Å². The lowest BCUT2D eigenvalue weighted by Gasteiger charge is -2.53. The topological polar surface area (TPSA) is 70.0 Å². The van der Waals surface area contributed by atoms with Gasteiger partial charge in [-0.1, -0.05) is 24.3 Å². The number of likely N-dealkylation sites (tertiary alicyclic amines) is 1. The molecule has 0 unspecified atom stereocenters. The number of hydrogen-bond acceptors (Lipinski definition) is 6. The third-order valence-corrected chi connectivity index (χ3v) is 8.36. The number of halogens is 2. The number of alkyl halides is 2. The van der Waals surface area contributed by atoms with Gasteiger partial charge in [0.05, 0.1) is 18.2 Å². The van der Waals surface area contributed by atoms with E-state index in [1.807, 2.05) is 12.1 Å². The summed E-state index contributed by atoms with van der Waals surface area (Å²) in [6, 6.07) is 10.7. The summed E-state index contributed by atoms with van der Waals surface area (Å²) in [6.45, 7) is 9.39. The molecule has 0 N–H and O–H groups in total. The van der Waals surface area contributed by atoms with Gasteiger partial charge in [0, 0.05) is 29.7 Å². The first-order chi connectivity index (χ1) is 19.8. The molecule has 2 fully saturated rings. The molecule has 2 heterocycles. The zero-order valence-electron chi connectivity index (χ0n) is 24.8. The number of hydrogen-bond donors (Lipinski definition) is 0. The highest BCUT2D eigenvalue weighted by Crippen LogP contribution is 2.56. The summed E-state index contributed by atoms with van der Waals surface area (Å²) in [5.41, 5.74) is 4.02. The summed E-state index contributed by atoms with van der Waals surface area (Å²) in [7, 11) is 1.35. The Bertz CT molecular complexity index is 1510. The van der Waals surface area contributed by atoms with Crippen LogP contribution in [0.4, 0.5) is 13.6 Å². The van der Waals surface area contributed by atoms with Crippen molar-refractivity contribution in [2.75, 3.05) is 13.7 Å². The number of nitrogens with zero attached hydrogens (tertiary/aromatic N) is 2. The summed E-state index contributed by atoms with van der Waals surface area (Å²) in [6.07, 6.45) is 4.87. The SMILES string of the molecule is C=C1CC2(CCN(Cc3c(OC(F)F)cc(C)c4c3ccn4C(=O)OC(C)(C)C)[C@H](c3ccc(C(=O)OC)cc3)C2)C1. The molecule has 0 amide bonds. The van der Waals surface area contributed by atoms with Crippen LogP contribution in [0.2, 0.25) is 0 Å². The highest BCUT2D eigenvalue weighted by Gasteiger charge is 2.46. The number of allylic oxidation sites excluding steroid dienone is 1. The molecule has 1 saturated carbocycles. The average Bonchev–Trinajstić information content (AvgIpc) is 3.35. The molecule has 224 valence electrons. The Hall–Kier alpha value is -3.72. The number of aromatic nitrogens is 1. The Balaban J connectivity index is 1.55. The summed E-state index contributed by atoms with van der Waals surface area (Å²) in [4.78, 5) is 27.4. The van der Waals surface area contributed by atoms with Crippen molar-refractivity contribution in [3.63, 3.8) is 0 Å². The number of rotatable bonds is 6. The number of fused-ring (bicyclic) bond motifs is 1. The molecule has 3 aromatic rings. The van der Waals surface area contributed by atoms with Crippen LogP contribution in [0, 0.1) is 12.3 Å². The van der Waals surface area contributed by atoms with E-state index in [1.54, 1.807) is 58.2 Å². The van der Waals surface area contributed by atoms with Gasteiger partial charge in [0.2, 0.25) is 0 Å². The lowest BCUT2D eigenvalue weighted by Crippen LogP contribution is -2.45. The van der Waals surface area contributed by atoms with Crippen molar-refractivity contribution in [1.29, 1.82) is 0 Å². The molecule has 0 bridgehead atoms. The summed E-state index contributed by atoms with van der Waals surface area (Å²) >= 11 is 0. The maximum Gasteiger partial charge on any atom is 0.419 e. The molecule has 1 aliphatic heterocycles. The van der Waals surface area contributed by atoms with E-state index < -0.39 is 24.3 Å². The molecule has 1 atom stereocenters. The summed E-state index contributed by atoms with van der Waals surface area (Å²) < 4.78 is 44.2. The van der Waals surface area contributed by atoms with E-state index in [1.165, 1.54) is 17.3 Å². The fraction of sp³-hybridized carbons (Fsp3) is 0.455. The van der Waals surface area contributed by atoms with Crippen LogP contribution in [0.1, 0.15) is 79.5 Å². The summed E-state index contributed by atoms with van der Waals surface area (Å²) in [5.74, 6) is -0.312. The van der Waals surface area contributed by atoms with Crippen LogP contribution in [-0.4, -0.2) is 47.4 Å². The number of methoxy groups -OCH3 is 1. The Labute approximate surface area is 245 Å². The molecule has 1 spiro atoms. The molecular weight excluding hydrogens is 542 g/mol. The first-order valence-electron chi connectivity index (χ1n) is 14.2. The maximum absolute atomic E-state index is 13.6. The number of esters is 1. The molecule has 1 aromatic heterocycles. The number of aryl methyl sites for hydroxylation is 1. The Morgan fingerprint density at radius 3 is 2.43 bits per heavy atom. The first kappa shape index (κ1) is 29.8. The van der Waals surface area contributed by atoms with Crippen LogP contribution in [-0.2, 0) is 16.0 Å². The molecule has 7 nitrogen and oxygen atoms in total. The number of benzene rings is 2. The van der Waals surface area contributed by atoms with Crippen molar-refractivity contribution in [3.8, 4) is 5.75 Å². The molecule has 0 radical (unpaired) electrons. The van der Waals surface area contributed by atoms with Crippen LogP contribution in [0.25, 0.3) is 10.9 Å². The minimum absolute atomic E-state index is 0.0257. The smallest absolute Gasteiger partial charge is 0.419 e. The Morgan fingerprint density at radius 1 is 1.14 bits per heavy atom. The van der Waals surface area contributed by atoms with Crippen molar-refractivity contribution in [2.45, 2.75) is 78.2 Å². The second-order valence-electron chi connectivity index (χ2n) is 12.6. The monoisotopic (exact) mass is 580 g/mol. The average molecular weight is 581 g/mol. The number of carbonyl (C=O) groups excluding carboxylic acids is 2. The van der Waals surface area contributed by atoms with Crippen molar-refractivity contribution in [3.05, 3.63) is 77.0 Å². The van der Waals surface area contributed by atoms with Gasteiger partial charge in [-0.05, 0) is 101 Å². The molecule has 5 rings (SSSR count). The highest BCUT2D eigenvalue weighted by atomic mass is 19.3. The third kappa shape index (κ3) is 5.93. The van der Waals surface area contributed by atoms with E-state index in [-0.39, 0.29) is 17.2 Å². The lowest BCUT2D eigenvalue weighted by atomic mass is 9.59. The van der Waals surface area contributed by atoms with Gasteiger partial charge in [0.25, 0.3) is 0 Å². The van der Waals surface area contributed by atoms with Gasteiger partial charge < -0.3 is 14.2 Å². The number of piperidine rings is 1. The predicted molar refractivity (Wildman–Crippen MR) is 156 cm³/mol. The Kier molecular flexibility index (Phi) is 7.91. The van der Waals surface area contributed by atoms with Crippen LogP contribution in [0.15, 0.2) is 54.7 Å². The molecule has 1 aliphatic carbocycles. The fourth-order valence-electron chi connectivity index (χ4n) is 6.58. The minimum atomic E-state index is -3.00. The zero-order valence-corrected chi connectivity index (χ0v) is 24.8. The van der Waals surface area contributed by atoms with Gasteiger partial charge in [-0.25, -0.2) is 9.59 Å². The van der Waals surface area contributed by atoms with Crippen molar-refractivity contribution >= 4 is 23.0 Å². The van der Waals surface area contributed by atoms with Crippen LogP contribution >= 0.6 is 0 Å². The third-order valence-electron chi connectivity index (χ3n) is 8.36. The second kappa shape index (κ2) is 11.2. The van der Waals surface area contributed by atoms with E-state index in [0.717, 1.165) is 37.8 Å². The standard InChI is InChI=1S/C33H38F2N2O5/c1-20-16-33(17-20)12-14-36(26(18-33)22-7-9-23(10-8-22)29(38)40-6)19-25-24-11-13-37(31(39)42-32(3,4)5)28(24)21(2)15-27(25)41-30(34)35/h7-11,13,15,26,30H,1,12,14,16-19H2,2-6H3/t26-/m0/s1. The van der Waals surface area contributed by atoms with Gasteiger partial charge in [0.15, 0.2) is 0 Å². The number of ether oxygens (including phenoxy) is 3. The molecule has 9 heteroatoms. The zero-order chi connectivity index (χ0) is 30.4. The van der Waals surface area contributed by atoms with Gasteiger partial charge in [-0.2, -0.15) is 8.78 Å². The predicted octanol–water partition coefficient (Wildman–Crippen LogP) is 7.79. The highest BCUT2D eigenvalue weighted by molar-refractivity contribution is 5.95. The quantitative estimate of drug-likeness (QED) is 0.219. The number of carbonyl (C=O) groups is 2. The minimum Gasteiger partial charge on any atom is -0.465 e. The fourth-order valence-corrected chi connectivity index (χ4v) is 6.58. The van der Waals surface area contributed by atoms with Gasteiger partial charge in [-0.15, -0.1) is 0 Å². The van der Waals surface area contributed by atoms with Crippen molar-refractivity contribution in [1.82, 2.24) is 9.47 Å². The van der Waals surface area contributed by atoms with E-state index in [0.29, 0.717) is 34.1 Å². The van der Waals surface area contributed by atoms with E-state index >= 15 is 0 Å². The van der Waals surface area contributed by atoms with Gasteiger partial charge in [0.1, 0.15) is 11.4 Å². The first-order valence-corrected chi connectivity index (χ1v) is 14.2. The van der Waals surface area contributed by atoms with Gasteiger partial charge in [-0.3, -0.25) is 9.47 Å². The Morgan fingerprint density at radius 2 is 1.83 bits per heavy atom. The lowest BCUT2D eigenvalue weighted by molar-refractivity contribution is -0.0512. The molecule has 1 saturated heterocycles.